The second-order valence-electron chi connectivity index (χ2n) is 2.19. The highest BCUT2D eigenvalue weighted by Gasteiger charge is 1.85. The van der Waals surface area contributed by atoms with E-state index >= 15 is 0 Å². The van der Waals surface area contributed by atoms with E-state index in [4.69, 9.17) is 0 Å². The molecule has 0 bridgehead atoms. The highest BCUT2D eigenvalue weighted by atomic mass is 16.5. The van der Waals surface area contributed by atoms with Crippen LogP contribution in [-0.2, 0) is 9.53 Å². The quantitative estimate of drug-likeness (QED) is 0.425. The zero-order valence-corrected chi connectivity index (χ0v) is 6.70. The molecule has 0 radical (unpaired) electrons. The average molecular weight is 160 g/mol. The Morgan fingerprint density at radius 2 is 2.00 bits per heavy atom. The van der Waals surface area contributed by atoms with E-state index in [1.807, 2.05) is 30.3 Å². The van der Waals surface area contributed by atoms with Crippen molar-refractivity contribution in [2.75, 3.05) is 0 Å². The highest BCUT2D eigenvalue weighted by Crippen LogP contribution is 1.94. The predicted octanol–water partition coefficient (Wildman–Crippen LogP) is 1.56. The lowest BCUT2D eigenvalue weighted by Gasteiger charge is -1.86. The van der Waals surface area contributed by atoms with Crippen LogP contribution in [0.3, 0.4) is 0 Å². The fourth-order valence-electron chi connectivity index (χ4n) is 0.678. The molecule has 0 aromatic heterocycles. The Kier molecular flexibility index (Phi) is 2.92. The summed E-state index contributed by atoms with van der Waals surface area (Å²) in [4.78, 5) is 10.3. The van der Waals surface area contributed by atoms with Gasteiger partial charge < -0.3 is 4.74 Å². The van der Waals surface area contributed by atoms with Crippen molar-refractivity contribution >= 4 is 5.97 Å². The number of carbonyl (C=O) groups is 1. The summed E-state index contributed by atoms with van der Waals surface area (Å²) in [5.74, 6) is 2.29. The minimum atomic E-state index is -0.390. The van der Waals surface area contributed by atoms with Crippen LogP contribution in [0.4, 0.5) is 0 Å². The minimum absolute atomic E-state index is 0.390. The smallest absolute Gasteiger partial charge is 0.316 e. The van der Waals surface area contributed by atoms with Crippen LogP contribution in [0.1, 0.15) is 12.5 Å². The van der Waals surface area contributed by atoms with Gasteiger partial charge in [-0.3, -0.25) is 4.79 Å². The number of hydrogen-bond acceptors (Lipinski definition) is 2. The summed E-state index contributed by atoms with van der Waals surface area (Å²) in [6.45, 7) is 1.32. The Balaban J connectivity index is 2.61. The molecule has 0 atom stereocenters. The first kappa shape index (κ1) is 8.35. The number of hydrogen-bond donors (Lipinski definition) is 0. The van der Waals surface area contributed by atoms with E-state index in [-0.39, 0.29) is 0 Å². The maximum atomic E-state index is 10.3. The topological polar surface area (TPSA) is 26.3 Å². The summed E-state index contributed by atoms with van der Waals surface area (Å²) in [6, 6.07) is 9.33. The molecule has 2 nitrogen and oxygen atoms in total. The van der Waals surface area contributed by atoms with E-state index in [1.54, 1.807) is 0 Å². The van der Waals surface area contributed by atoms with Crippen molar-refractivity contribution in [3.05, 3.63) is 35.9 Å². The van der Waals surface area contributed by atoms with Crippen molar-refractivity contribution in [3.8, 4) is 12.0 Å². The third kappa shape index (κ3) is 2.89. The maximum absolute atomic E-state index is 10.3. The van der Waals surface area contributed by atoms with Crippen molar-refractivity contribution < 1.29 is 9.53 Å². The molecular formula is C10H8O2. The van der Waals surface area contributed by atoms with Crippen molar-refractivity contribution in [1.29, 1.82) is 0 Å². The Morgan fingerprint density at radius 3 is 2.58 bits per heavy atom. The summed E-state index contributed by atoms with van der Waals surface area (Å²) in [5.41, 5.74) is 0.832. The van der Waals surface area contributed by atoms with Gasteiger partial charge in [0.15, 0.2) is 0 Å². The molecule has 0 aliphatic rings. The van der Waals surface area contributed by atoms with Crippen LogP contribution in [0.5, 0.6) is 0 Å². The van der Waals surface area contributed by atoms with Gasteiger partial charge in [0.1, 0.15) is 6.11 Å². The minimum Gasteiger partial charge on any atom is -0.372 e. The Bertz CT molecular complexity index is 317. The summed E-state index contributed by atoms with van der Waals surface area (Å²) in [5, 5.41) is 0. The van der Waals surface area contributed by atoms with Crippen molar-refractivity contribution in [2.45, 2.75) is 6.92 Å². The van der Waals surface area contributed by atoms with E-state index in [1.165, 1.54) is 6.92 Å². The second-order valence-corrected chi connectivity index (χ2v) is 2.19. The molecule has 0 aliphatic heterocycles. The summed E-state index contributed by atoms with van der Waals surface area (Å²) in [7, 11) is 0. The normalized spacial score (nSPS) is 8.08. The lowest BCUT2D eigenvalue weighted by atomic mass is 10.2. The van der Waals surface area contributed by atoms with Crippen molar-refractivity contribution in [1.82, 2.24) is 0 Å². The predicted molar refractivity (Wildman–Crippen MR) is 45.1 cm³/mol. The molecule has 0 saturated heterocycles. The van der Waals surface area contributed by atoms with Gasteiger partial charge >= 0.3 is 5.97 Å². The lowest BCUT2D eigenvalue weighted by molar-refractivity contribution is -0.134. The fraction of sp³-hybridized carbons (Fsp3) is 0.100. The summed E-state index contributed by atoms with van der Waals surface area (Å²) < 4.78 is 4.45. The SMILES string of the molecule is CC(=O)OC#Cc1ccccc1. The van der Waals surface area contributed by atoms with Crippen LogP contribution in [0.2, 0.25) is 0 Å². The number of benzene rings is 1. The molecule has 60 valence electrons. The van der Waals surface area contributed by atoms with E-state index in [2.05, 4.69) is 16.8 Å². The number of esters is 1. The summed E-state index contributed by atoms with van der Waals surface area (Å²) in [6.07, 6.45) is 2.30. The van der Waals surface area contributed by atoms with Gasteiger partial charge in [0.05, 0.1) is 0 Å². The molecule has 0 saturated carbocycles. The van der Waals surface area contributed by atoms with E-state index in [0.717, 1.165) is 5.56 Å². The van der Waals surface area contributed by atoms with Crippen molar-refractivity contribution in [3.63, 3.8) is 0 Å². The second kappa shape index (κ2) is 4.20. The molecule has 0 unspecified atom stereocenters. The van der Waals surface area contributed by atoms with E-state index in [0.29, 0.717) is 0 Å². The first-order valence-electron chi connectivity index (χ1n) is 3.52. The molecule has 0 fully saturated rings. The Morgan fingerprint density at radius 1 is 1.33 bits per heavy atom. The average Bonchev–Trinajstić information content (AvgIpc) is 2.05. The van der Waals surface area contributed by atoms with Crippen LogP contribution in [-0.4, -0.2) is 5.97 Å². The van der Waals surface area contributed by atoms with Crippen LogP contribution >= 0.6 is 0 Å². The Labute approximate surface area is 71.2 Å². The maximum Gasteiger partial charge on any atom is 0.316 e. The van der Waals surface area contributed by atoms with Crippen LogP contribution < -0.4 is 0 Å². The largest absolute Gasteiger partial charge is 0.372 e. The van der Waals surface area contributed by atoms with Gasteiger partial charge in [-0.15, -0.1) is 0 Å². The summed E-state index contributed by atoms with van der Waals surface area (Å²) >= 11 is 0. The molecule has 12 heavy (non-hydrogen) atoms. The van der Waals surface area contributed by atoms with Gasteiger partial charge in [-0.1, -0.05) is 18.2 Å². The Hall–Kier alpha value is -1.75. The number of ether oxygens (including phenoxy) is 1. The van der Waals surface area contributed by atoms with Gasteiger partial charge in [-0.25, -0.2) is 0 Å². The van der Waals surface area contributed by atoms with Gasteiger partial charge in [0.25, 0.3) is 0 Å². The molecule has 0 heterocycles. The third-order valence-electron chi connectivity index (χ3n) is 1.16. The third-order valence-corrected chi connectivity index (χ3v) is 1.16. The van der Waals surface area contributed by atoms with E-state index < -0.39 is 5.97 Å². The number of carbonyl (C=O) groups excluding carboxylic acids is 1. The zero-order chi connectivity index (χ0) is 8.81. The molecule has 2 heteroatoms. The monoisotopic (exact) mass is 160 g/mol. The van der Waals surface area contributed by atoms with Gasteiger partial charge in [0, 0.05) is 12.5 Å². The van der Waals surface area contributed by atoms with Crippen molar-refractivity contribution in [2.24, 2.45) is 0 Å². The lowest BCUT2D eigenvalue weighted by Crippen LogP contribution is -1.89. The van der Waals surface area contributed by atoms with Crippen LogP contribution in [0.15, 0.2) is 30.3 Å². The molecule has 0 aliphatic carbocycles. The fourth-order valence-corrected chi connectivity index (χ4v) is 0.678. The van der Waals surface area contributed by atoms with Crippen LogP contribution in [0.25, 0.3) is 0 Å². The molecule has 0 N–H and O–H groups in total. The molecule has 1 rings (SSSR count). The first-order valence-corrected chi connectivity index (χ1v) is 3.52. The first-order chi connectivity index (χ1) is 5.79. The van der Waals surface area contributed by atoms with Gasteiger partial charge in [-0.2, -0.15) is 0 Å². The molecule has 1 aromatic rings. The molecule has 0 spiro atoms. The van der Waals surface area contributed by atoms with Gasteiger partial charge in [0.2, 0.25) is 0 Å². The van der Waals surface area contributed by atoms with E-state index in [9.17, 15) is 4.79 Å². The molecular weight excluding hydrogens is 152 g/mol. The highest BCUT2D eigenvalue weighted by molar-refractivity contribution is 5.67. The molecule has 1 aromatic carbocycles. The molecule has 0 amide bonds. The standard InChI is InChI=1S/C10H8O2/c1-9(11)12-8-7-10-5-3-2-4-6-10/h2-6H,1H3. The van der Waals surface area contributed by atoms with Crippen LogP contribution in [0, 0.1) is 12.0 Å². The zero-order valence-electron chi connectivity index (χ0n) is 6.70. The number of rotatable bonds is 0. The van der Waals surface area contributed by atoms with Gasteiger partial charge in [-0.05, 0) is 18.1 Å².